The number of carbonyl (C=O) groups is 1. The quantitative estimate of drug-likeness (QED) is 0.371. The summed E-state index contributed by atoms with van der Waals surface area (Å²) in [5.74, 6) is 0.760. The van der Waals surface area contributed by atoms with Gasteiger partial charge in [0.1, 0.15) is 0 Å². The molecule has 0 aromatic heterocycles. The maximum atomic E-state index is 10.7. The van der Waals surface area contributed by atoms with E-state index in [1.54, 1.807) is 0 Å². The summed E-state index contributed by atoms with van der Waals surface area (Å²) in [6, 6.07) is 0. The van der Waals surface area contributed by atoms with Crippen molar-refractivity contribution in [2.24, 2.45) is 4.99 Å². The van der Waals surface area contributed by atoms with Gasteiger partial charge in [-0.3, -0.25) is 4.79 Å². The molecule has 4 heteroatoms. The van der Waals surface area contributed by atoms with E-state index in [2.05, 4.69) is 11.9 Å². The Morgan fingerprint density at radius 3 is 2.50 bits per heavy atom. The Bertz CT molecular complexity index is 200. The first-order chi connectivity index (χ1) is 6.81. The van der Waals surface area contributed by atoms with Gasteiger partial charge in [0.25, 0.3) is 0 Å². The van der Waals surface area contributed by atoms with Gasteiger partial charge in [0, 0.05) is 5.75 Å². The van der Waals surface area contributed by atoms with Crippen LogP contribution in [0.5, 0.6) is 0 Å². The Morgan fingerprint density at radius 1 is 1.21 bits per heavy atom. The first-order valence-electron chi connectivity index (χ1n) is 5.06. The predicted octanol–water partition coefficient (Wildman–Crippen LogP) is 3.54. The summed E-state index contributed by atoms with van der Waals surface area (Å²) in [5, 5.41) is -0.423. The molecular formula is C10H17NO2S. The number of rotatable bonds is 7. The highest BCUT2D eigenvalue weighted by Gasteiger charge is 1.98. The van der Waals surface area contributed by atoms with Crippen molar-refractivity contribution < 1.29 is 9.59 Å². The molecule has 0 aromatic carbocycles. The summed E-state index contributed by atoms with van der Waals surface area (Å²) in [4.78, 5) is 23.4. The van der Waals surface area contributed by atoms with Crippen LogP contribution in [0.15, 0.2) is 4.99 Å². The van der Waals surface area contributed by atoms with E-state index in [9.17, 15) is 9.59 Å². The lowest BCUT2D eigenvalue weighted by Crippen LogP contribution is -1.87. The summed E-state index contributed by atoms with van der Waals surface area (Å²) in [6.45, 7) is 2.19. The van der Waals surface area contributed by atoms with Gasteiger partial charge in [-0.1, -0.05) is 50.8 Å². The zero-order chi connectivity index (χ0) is 10.6. The number of isocyanates is 1. The van der Waals surface area contributed by atoms with Crippen LogP contribution in [0.3, 0.4) is 0 Å². The van der Waals surface area contributed by atoms with E-state index in [1.165, 1.54) is 31.8 Å². The van der Waals surface area contributed by atoms with Crippen LogP contribution in [0.2, 0.25) is 0 Å². The fourth-order valence-corrected chi connectivity index (χ4v) is 1.74. The van der Waals surface area contributed by atoms with Crippen LogP contribution in [-0.2, 0) is 4.79 Å². The minimum Gasteiger partial charge on any atom is -0.259 e. The molecular weight excluding hydrogens is 198 g/mol. The van der Waals surface area contributed by atoms with Gasteiger partial charge in [-0.15, -0.1) is 4.99 Å². The summed E-state index contributed by atoms with van der Waals surface area (Å²) in [6.07, 6.45) is 8.48. The molecule has 0 radical (unpaired) electrons. The lowest BCUT2D eigenvalue weighted by molar-refractivity contribution is 0.267. The van der Waals surface area contributed by atoms with E-state index < -0.39 is 5.24 Å². The molecule has 0 aliphatic carbocycles. The number of aliphatic imine (C=N–C) groups is 1. The molecule has 0 aliphatic rings. The third kappa shape index (κ3) is 9.49. The van der Waals surface area contributed by atoms with Crippen molar-refractivity contribution in [1.29, 1.82) is 0 Å². The van der Waals surface area contributed by atoms with Crippen molar-refractivity contribution in [2.75, 3.05) is 5.75 Å². The van der Waals surface area contributed by atoms with Crippen molar-refractivity contribution in [2.45, 2.75) is 45.4 Å². The number of carbonyl (C=O) groups excluding carboxylic acids is 2. The van der Waals surface area contributed by atoms with Gasteiger partial charge in [-0.2, -0.15) is 0 Å². The van der Waals surface area contributed by atoms with E-state index in [1.807, 2.05) is 0 Å². The molecule has 0 heterocycles. The second-order valence-corrected chi connectivity index (χ2v) is 4.13. The monoisotopic (exact) mass is 215 g/mol. The van der Waals surface area contributed by atoms with Crippen LogP contribution in [0.1, 0.15) is 45.4 Å². The first-order valence-corrected chi connectivity index (χ1v) is 6.04. The second-order valence-electron chi connectivity index (χ2n) is 3.09. The normalized spacial score (nSPS) is 9.50. The molecule has 0 saturated carbocycles. The summed E-state index contributed by atoms with van der Waals surface area (Å²) in [7, 11) is 0. The average molecular weight is 215 g/mol. The Hall–Kier alpha value is -0.600. The second kappa shape index (κ2) is 10.5. The van der Waals surface area contributed by atoms with Crippen molar-refractivity contribution in [3.05, 3.63) is 0 Å². The molecule has 0 atom stereocenters. The van der Waals surface area contributed by atoms with Gasteiger partial charge >= 0.3 is 5.24 Å². The Morgan fingerprint density at radius 2 is 1.86 bits per heavy atom. The van der Waals surface area contributed by atoms with E-state index in [0.29, 0.717) is 0 Å². The molecule has 0 aliphatic heterocycles. The SMILES string of the molecule is CCCCCCCCSC(=O)N=C=O. The van der Waals surface area contributed by atoms with Gasteiger partial charge in [-0.05, 0) is 6.42 Å². The molecule has 0 fully saturated rings. The number of amides is 1. The highest BCUT2D eigenvalue weighted by molar-refractivity contribution is 8.13. The van der Waals surface area contributed by atoms with Gasteiger partial charge in [0.05, 0.1) is 0 Å². The Labute approximate surface area is 89.4 Å². The molecule has 3 nitrogen and oxygen atoms in total. The number of unbranched alkanes of at least 4 members (excludes halogenated alkanes) is 5. The van der Waals surface area contributed by atoms with Crippen molar-refractivity contribution in [1.82, 2.24) is 0 Å². The van der Waals surface area contributed by atoms with Crippen LogP contribution in [0.4, 0.5) is 4.79 Å². The maximum absolute atomic E-state index is 10.7. The van der Waals surface area contributed by atoms with Gasteiger partial charge in [0.2, 0.25) is 6.08 Å². The molecule has 0 N–H and O–H groups in total. The number of thioether (sulfide) groups is 1. The maximum Gasteiger partial charge on any atom is 0.315 e. The molecule has 14 heavy (non-hydrogen) atoms. The smallest absolute Gasteiger partial charge is 0.259 e. The van der Waals surface area contributed by atoms with Crippen LogP contribution in [0, 0.1) is 0 Å². The highest BCUT2D eigenvalue weighted by atomic mass is 32.2. The highest BCUT2D eigenvalue weighted by Crippen LogP contribution is 2.11. The third-order valence-electron chi connectivity index (χ3n) is 1.86. The van der Waals surface area contributed by atoms with E-state index in [4.69, 9.17) is 0 Å². The van der Waals surface area contributed by atoms with E-state index in [-0.39, 0.29) is 0 Å². The largest absolute Gasteiger partial charge is 0.315 e. The summed E-state index contributed by atoms with van der Waals surface area (Å²) in [5.41, 5.74) is 0. The van der Waals surface area contributed by atoms with Crippen LogP contribution in [-0.4, -0.2) is 17.1 Å². The minimum absolute atomic E-state index is 0.423. The fourth-order valence-electron chi connectivity index (χ4n) is 1.11. The zero-order valence-electron chi connectivity index (χ0n) is 8.62. The van der Waals surface area contributed by atoms with Crippen molar-refractivity contribution in [3.63, 3.8) is 0 Å². The fraction of sp³-hybridized carbons (Fsp3) is 0.800. The van der Waals surface area contributed by atoms with Gasteiger partial charge in [-0.25, -0.2) is 4.79 Å². The lowest BCUT2D eigenvalue weighted by Gasteiger charge is -1.98. The van der Waals surface area contributed by atoms with E-state index in [0.717, 1.165) is 30.4 Å². The summed E-state index contributed by atoms with van der Waals surface area (Å²) >= 11 is 1.10. The number of nitrogens with zero attached hydrogens (tertiary/aromatic N) is 1. The Balaban J connectivity index is 3.13. The minimum atomic E-state index is -0.423. The molecule has 0 bridgehead atoms. The molecule has 0 saturated heterocycles. The first kappa shape index (κ1) is 13.4. The topological polar surface area (TPSA) is 46.5 Å². The predicted molar refractivity (Wildman–Crippen MR) is 59.4 cm³/mol. The molecule has 0 aromatic rings. The van der Waals surface area contributed by atoms with Crippen molar-refractivity contribution >= 4 is 23.1 Å². The molecule has 1 amide bonds. The van der Waals surface area contributed by atoms with Crippen LogP contribution < -0.4 is 0 Å². The summed E-state index contributed by atoms with van der Waals surface area (Å²) < 4.78 is 0. The van der Waals surface area contributed by atoms with Gasteiger partial charge < -0.3 is 0 Å². The van der Waals surface area contributed by atoms with Crippen molar-refractivity contribution in [3.8, 4) is 0 Å². The molecule has 80 valence electrons. The van der Waals surface area contributed by atoms with Crippen LogP contribution in [0.25, 0.3) is 0 Å². The zero-order valence-corrected chi connectivity index (χ0v) is 9.44. The Kier molecular flexibility index (Phi) is 10.0. The van der Waals surface area contributed by atoms with Crippen LogP contribution >= 0.6 is 11.8 Å². The number of hydrogen-bond donors (Lipinski definition) is 0. The molecule has 0 rings (SSSR count). The van der Waals surface area contributed by atoms with Gasteiger partial charge in [0.15, 0.2) is 0 Å². The van der Waals surface area contributed by atoms with E-state index >= 15 is 0 Å². The third-order valence-corrected chi connectivity index (χ3v) is 2.69. The number of hydrogen-bond acceptors (Lipinski definition) is 3. The average Bonchev–Trinajstić information content (AvgIpc) is 2.17. The standard InChI is InChI=1S/C10H17NO2S/c1-2-3-4-5-6-7-8-14-10(13)11-9-12/h2-8H2,1H3. The molecule has 0 unspecified atom stereocenters. The molecule has 0 spiro atoms. The lowest BCUT2D eigenvalue weighted by atomic mass is 10.1.